The number of nitrogens with zero attached hydrogens (tertiary/aromatic N) is 14. The molecule has 22 N–H and O–H groups in total. The largest absolute Gasteiger partial charge is 0.479 e. The van der Waals surface area contributed by atoms with E-state index in [1.807, 2.05) is 0 Å². The summed E-state index contributed by atoms with van der Waals surface area (Å²) < 4.78 is 93.8. The Bertz CT molecular complexity index is 4340. The standard InChI is InChI=1S/C11H16N5O8P.C11H16N5O7P.C11H15N4O7P.C10H13N4O8P/c1-22-9-5-8(14-11(12)15-9)16(3-13-5)10-7(18)6(17)4(24-10)2-23-25(19,20)21;1-15-3-14-10-6(9(15)12)13-4-16(10)11-8(18)7(17)5(23-11)2-22-24(19,20)21;12-9-5-1-2-15(10(5)14-4-13-9)11-8(17)7(16)6(22-11)3-21-23(18,19)20;15-6-4(1-21-23(18,19)20)22-10(7(6)16)14-3-13-5-8(14)11-2-12-9(5)17/h3-4,6-7,10,17-18H,2H2,1H3,(H2,12,14,15)(H2,19,20,21);3-5,7-8,11-12,17-18H,2H2,1H3,(H2,19,20,21);1-2,4,6-8,11,16-17H,3H2,(H2,12,13,14)(H2,18,19,20);2-4,6-7,10,15-16H,1H2,(H,11,12,17)(H2,18,19,20)/t4-,6-,7-,10-;5-,7-,8-,11-;6-,7-,8-,11-;4-,6-,7-,10-/m1111/s1. The number of aromatic amines is 1. The average molecular weight is 1430 g/mol. The fourth-order valence-corrected chi connectivity index (χ4v) is 11.1. The second-order valence-corrected chi connectivity index (χ2v) is 25.5. The number of nitrogen functional groups attached to an aromatic ring is 2. The van der Waals surface area contributed by atoms with Crippen LogP contribution >= 0.6 is 31.3 Å². The van der Waals surface area contributed by atoms with E-state index in [9.17, 15) is 63.9 Å². The van der Waals surface area contributed by atoms with Gasteiger partial charge in [0.2, 0.25) is 11.8 Å². The predicted molar refractivity (Wildman–Crippen MR) is 304 cm³/mol. The highest BCUT2D eigenvalue weighted by Crippen LogP contribution is 2.43. The van der Waals surface area contributed by atoms with E-state index in [2.05, 4.69) is 67.9 Å². The number of rotatable bonds is 17. The van der Waals surface area contributed by atoms with Crippen LogP contribution < -0.4 is 27.3 Å². The summed E-state index contributed by atoms with van der Waals surface area (Å²) in [5.41, 5.74) is 12.5. The second kappa shape index (κ2) is 28.7. The van der Waals surface area contributed by atoms with Gasteiger partial charge in [0, 0.05) is 13.2 Å². The zero-order valence-electron chi connectivity index (χ0n) is 48.3. The minimum absolute atomic E-state index is 0.0210. The van der Waals surface area contributed by atoms with Crippen LogP contribution in [0.1, 0.15) is 24.9 Å². The van der Waals surface area contributed by atoms with Crippen molar-refractivity contribution < 1.29 is 140 Å². The molecule has 8 aromatic rings. The number of aliphatic hydroxyl groups is 8. The highest BCUT2D eigenvalue weighted by atomic mass is 31.2. The van der Waals surface area contributed by atoms with E-state index in [1.54, 1.807) is 19.3 Å². The maximum atomic E-state index is 11.6. The first-order valence-electron chi connectivity index (χ1n) is 26.8. The van der Waals surface area contributed by atoms with E-state index in [0.717, 1.165) is 6.33 Å². The van der Waals surface area contributed by atoms with Crippen LogP contribution in [-0.2, 0) is 62.4 Å². The summed E-state index contributed by atoms with van der Waals surface area (Å²) in [6.07, 6.45) is -11.1. The number of fused-ring (bicyclic) bond motifs is 4. The van der Waals surface area contributed by atoms with Crippen LogP contribution in [0.2, 0.25) is 0 Å². The van der Waals surface area contributed by atoms with Crippen molar-refractivity contribution in [1.82, 2.24) is 72.7 Å². The minimum Gasteiger partial charge on any atom is -0.479 e. The summed E-state index contributed by atoms with van der Waals surface area (Å²) in [6.45, 7) is -2.42. The van der Waals surface area contributed by atoms with E-state index in [-0.39, 0.29) is 56.6 Å². The first-order valence-corrected chi connectivity index (χ1v) is 32.9. The van der Waals surface area contributed by atoms with Crippen LogP contribution in [-0.4, -0.2) is 259 Å². The fourth-order valence-electron chi connectivity index (χ4n) is 9.75. The molecule has 12 heterocycles. The average Bonchev–Trinajstić information content (AvgIpc) is 1.65. The number of phosphoric ester groups is 4. The summed E-state index contributed by atoms with van der Waals surface area (Å²) in [5.74, 6) is 0.277. The molecule has 95 heavy (non-hydrogen) atoms. The van der Waals surface area contributed by atoms with Crippen molar-refractivity contribution in [1.29, 1.82) is 5.41 Å². The molecule has 8 aromatic heterocycles. The Morgan fingerprint density at radius 1 is 0.516 bits per heavy atom. The van der Waals surface area contributed by atoms with E-state index < -0.39 is 161 Å². The molecule has 0 aliphatic carbocycles. The van der Waals surface area contributed by atoms with Crippen molar-refractivity contribution in [3.05, 3.63) is 66.1 Å². The molecule has 0 radical (unpaired) electrons. The Morgan fingerprint density at radius 2 is 0.916 bits per heavy atom. The highest BCUT2D eigenvalue weighted by molar-refractivity contribution is 7.47. The molecule has 0 amide bonds. The molecule has 0 saturated carbocycles. The molecule has 4 saturated heterocycles. The Kier molecular flexibility index (Phi) is 21.9. The number of anilines is 2. The molecule has 0 aromatic carbocycles. The number of aliphatic hydroxyl groups excluding tert-OH is 8. The monoisotopic (exact) mass is 1430 g/mol. The first-order chi connectivity index (χ1) is 44.4. The SMILES string of the molecule is COc1nc(N)nc2c1ncn2[C@@H]1O[C@H](COP(=O)(O)O)[C@@H](O)[C@H]1O.Cn1cnc2c(ncn2[C@@H]2O[C@H](COP(=O)(O)O)[C@@H](O)[C@H]2O)c1=N.Nc1ncnc2c1ccn2[C@@H]1O[C@H](COP(=O)(O)O)[C@@H](O)[C@H]1O.O=c1[nH]cnc2c1ncn2[C@@H]1O[C@H](COP(=O)(O)O)[C@@H](O)[C@H]1O. The lowest BCUT2D eigenvalue weighted by Crippen LogP contribution is -2.33. The maximum Gasteiger partial charge on any atom is 0.469 e. The molecule has 0 unspecified atom stereocenters. The van der Waals surface area contributed by atoms with Gasteiger partial charge in [-0.25, -0.2) is 53.1 Å². The highest BCUT2D eigenvalue weighted by Gasteiger charge is 2.49. The summed E-state index contributed by atoms with van der Waals surface area (Å²) in [5, 5.41) is 89.0. The summed E-state index contributed by atoms with van der Waals surface area (Å²) in [4.78, 5) is 119. The fraction of sp³-hybridized carbons (Fsp3) is 0.512. The molecule has 12 rings (SSSR count). The van der Waals surface area contributed by atoms with Gasteiger partial charge in [0.25, 0.3) is 5.56 Å². The van der Waals surface area contributed by atoms with Crippen LogP contribution in [0.25, 0.3) is 44.5 Å². The number of H-pyrrole nitrogens is 1. The van der Waals surface area contributed by atoms with Gasteiger partial charge >= 0.3 is 31.3 Å². The molecule has 0 spiro atoms. The summed E-state index contributed by atoms with van der Waals surface area (Å²) in [7, 11) is -15.9. The Balaban J connectivity index is 0.000000149. The number of aromatic nitrogens is 15. The third-order valence-electron chi connectivity index (χ3n) is 14.3. The van der Waals surface area contributed by atoms with Crippen molar-refractivity contribution in [2.75, 3.05) is 45.0 Å². The third-order valence-corrected chi connectivity index (χ3v) is 16.2. The van der Waals surface area contributed by atoms with Gasteiger partial charge in [0.05, 0.1) is 70.6 Å². The Hall–Kier alpha value is -6.77. The molecular formula is C43H60N18O30P4. The third kappa shape index (κ3) is 16.5. The lowest BCUT2D eigenvalue weighted by Gasteiger charge is -2.17. The van der Waals surface area contributed by atoms with Crippen molar-refractivity contribution in [3.63, 3.8) is 0 Å². The number of imidazole rings is 3. The van der Waals surface area contributed by atoms with Crippen molar-refractivity contribution >= 4 is 87.6 Å². The lowest BCUT2D eigenvalue weighted by atomic mass is 10.1. The van der Waals surface area contributed by atoms with Gasteiger partial charge in [-0.3, -0.25) is 42.0 Å². The zero-order valence-corrected chi connectivity index (χ0v) is 51.8. The van der Waals surface area contributed by atoms with Crippen LogP contribution in [0.15, 0.2) is 55.0 Å². The van der Waals surface area contributed by atoms with E-state index >= 15 is 0 Å². The van der Waals surface area contributed by atoms with Gasteiger partial charge in [-0.05, 0) is 6.07 Å². The van der Waals surface area contributed by atoms with Gasteiger partial charge in [-0.15, -0.1) is 0 Å². The number of nitrogens with one attached hydrogen (secondary N) is 2. The van der Waals surface area contributed by atoms with Crippen molar-refractivity contribution in [2.45, 2.75) is 98.2 Å². The molecule has 4 aliphatic rings. The molecule has 0 bridgehead atoms. The van der Waals surface area contributed by atoms with E-state index in [0.29, 0.717) is 11.0 Å². The molecular weight excluding hydrogens is 1370 g/mol. The van der Waals surface area contributed by atoms with Crippen LogP contribution in [0.3, 0.4) is 0 Å². The number of hydrogen-bond donors (Lipinski definition) is 20. The molecule has 4 fully saturated rings. The van der Waals surface area contributed by atoms with Gasteiger partial charge in [0.1, 0.15) is 96.6 Å². The minimum atomic E-state index is -4.75. The van der Waals surface area contributed by atoms with Crippen LogP contribution in [0.4, 0.5) is 11.8 Å². The van der Waals surface area contributed by atoms with Crippen molar-refractivity contribution in [2.24, 2.45) is 7.05 Å². The number of methoxy groups -OCH3 is 1. The number of ether oxygens (including phenoxy) is 5. The topological polar surface area (TPSA) is 724 Å². The van der Waals surface area contributed by atoms with Crippen molar-refractivity contribution in [3.8, 4) is 5.88 Å². The van der Waals surface area contributed by atoms with Gasteiger partial charge < -0.3 is 129 Å². The molecule has 48 nitrogen and oxygen atoms in total. The van der Waals surface area contributed by atoms with E-state index in [1.165, 1.54) is 61.6 Å². The quantitative estimate of drug-likeness (QED) is 0.0377. The van der Waals surface area contributed by atoms with Gasteiger partial charge in [-0.2, -0.15) is 9.97 Å². The summed E-state index contributed by atoms with van der Waals surface area (Å²) >= 11 is 0. The second-order valence-electron chi connectivity index (χ2n) is 20.5. The smallest absolute Gasteiger partial charge is 0.469 e. The van der Waals surface area contributed by atoms with Crippen LogP contribution in [0.5, 0.6) is 5.88 Å². The summed E-state index contributed by atoms with van der Waals surface area (Å²) in [6, 6.07) is 1.63. The Labute approximate surface area is 526 Å². The zero-order chi connectivity index (χ0) is 69.6. The Morgan fingerprint density at radius 3 is 1.35 bits per heavy atom. The number of phosphoric acid groups is 4. The number of nitrogens with two attached hydrogens (primary N) is 2. The van der Waals surface area contributed by atoms with Gasteiger partial charge in [0.15, 0.2) is 58.4 Å². The molecule has 16 atom stereocenters. The molecule has 52 heteroatoms. The predicted octanol–water partition coefficient (Wildman–Crippen LogP) is -7.29. The van der Waals surface area contributed by atoms with Crippen LogP contribution in [0, 0.1) is 5.41 Å². The normalized spacial score (nSPS) is 28.0. The molecule has 4 aliphatic heterocycles. The van der Waals surface area contributed by atoms with Gasteiger partial charge in [-0.1, -0.05) is 0 Å². The molecule has 522 valence electrons. The van der Waals surface area contributed by atoms with E-state index in [4.69, 9.17) is 79.7 Å². The number of aryl methyl sites for hydroxylation is 1. The first kappa shape index (κ1) is 72.5. The lowest BCUT2D eigenvalue weighted by molar-refractivity contribution is -0.0504. The number of hydrogen-bond acceptors (Lipinski definition) is 34. The maximum absolute atomic E-state index is 11.6.